The minimum Gasteiger partial charge on any atom is -0.489 e. The number of aliphatic hydroxyl groups is 1. The van der Waals surface area contributed by atoms with Crippen molar-refractivity contribution in [3.05, 3.63) is 106 Å². The first-order valence-electron chi connectivity index (χ1n) is 14.2. The summed E-state index contributed by atoms with van der Waals surface area (Å²) in [4.78, 5) is 38.8. The van der Waals surface area contributed by atoms with E-state index < -0.39 is 12.1 Å². The average Bonchev–Trinajstić information content (AvgIpc) is 3.40. The van der Waals surface area contributed by atoms with Gasteiger partial charge in [0.25, 0.3) is 11.8 Å². The van der Waals surface area contributed by atoms with Gasteiger partial charge in [-0.25, -0.2) is 4.98 Å². The summed E-state index contributed by atoms with van der Waals surface area (Å²) in [5.74, 6) is 0.0663. The van der Waals surface area contributed by atoms with Gasteiger partial charge in [-0.1, -0.05) is 36.4 Å². The van der Waals surface area contributed by atoms with Crippen LogP contribution in [0.15, 0.2) is 78.4 Å². The minimum atomic E-state index is -0.915. The fourth-order valence-corrected chi connectivity index (χ4v) is 5.46. The molecule has 226 valence electrons. The van der Waals surface area contributed by atoms with Gasteiger partial charge in [0.2, 0.25) is 0 Å². The molecule has 9 nitrogen and oxygen atoms in total. The molecule has 0 spiro atoms. The van der Waals surface area contributed by atoms with Gasteiger partial charge in [-0.15, -0.1) is 11.3 Å². The van der Waals surface area contributed by atoms with Gasteiger partial charge in [-0.05, 0) is 51.0 Å². The van der Waals surface area contributed by atoms with E-state index in [0.29, 0.717) is 29.8 Å². The van der Waals surface area contributed by atoms with E-state index in [1.165, 1.54) is 11.3 Å². The first-order chi connectivity index (χ1) is 20.6. The first kappa shape index (κ1) is 31.7. The second kappa shape index (κ2) is 14.8. The number of nitrogens with zero attached hydrogens (tertiary/aromatic N) is 4. The molecule has 4 aromatic rings. The van der Waals surface area contributed by atoms with Gasteiger partial charge in [0.05, 0.1) is 42.9 Å². The molecule has 43 heavy (non-hydrogen) atoms. The number of aryl methyl sites for hydroxylation is 1. The van der Waals surface area contributed by atoms with Gasteiger partial charge in [0.1, 0.15) is 10.8 Å². The molecule has 2 aromatic carbocycles. The number of pyridine rings is 1. The van der Waals surface area contributed by atoms with Crippen LogP contribution in [0, 0.1) is 6.92 Å². The summed E-state index contributed by atoms with van der Waals surface area (Å²) in [7, 11) is 3.58. The highest BCUT2D eigenvalue weighted by Gasteiger charge is 2.25. The van der Waals surface area contributed by atoms with E-state index in [1.54, 1.807) is 48.6 Å². The van der Waals surface area contributed by atoms with Crippen LogP contribution in [0.2, 0.25) is 0 Å². The molecule has 2 unspecified atom stereocenters. The van der Waals surface area contributed by atoms with E-state index in [2.05, 4.69) is 15.3 Å². The number of likely N-dealkylation sites (N-methyl/N-ethyl adjacent to an activating group) is 1. The summed E-state index contributed by atoms with van der Waals surface area (Å²) in [6.45, 7) is 6.44. The number of hydrogen-bond acceptors (Lipinski definition) is 8. The highest BCUT2D eigenvalue weighted by Crippen LogP contribution is 2.21. The van der Waals surface area contributed by atoms with Crippen molar-refractivity contribution in [1.29, 1.82) is 0 Å². The predicted molar refractivity (Wildman–Crippen MR) is 170 cm³/mol. The van der Waals surface area contributed by atoms with Crippen LogP contribution < -0.4 is 15.0 Å². The Hall–Kier alpha value is -4.28. The Bertz CT molecular complexity index is 1510. The fraction of sp³-hybridized carbons (Fsp3) is 0.333. The van der Waals surface area contributed by atoms with E-state index in [4.69, 9.17) is 4.74 Å². The third-order valence-electron chi connectivity index (χ3n) is 6.81. The molecule has 2 heterocycles. The molecule has 2 atom stereocenters. The van der Waals surface area contributed by atoms with Gasteiger partial charge in [-0.3, -0.25) is 14.6 Å². The number of rotatable bonds is 13. The van der Waals surface area contributed by atoms with E-state index in [0.717, 1.165) is 22.0 Å². The van der Waals surface area contributed by atoms with Crippen LogP contribution in [0.4, 0.5) is 5.69 Å². The molecule has 10 heteroatoms. The minimum absolute atomic E-state index is 0.00914. The standard InChI is InChI=1S/C33H39N5O4S/c1-22(2)42-28-16-27(17-34-18-28)37(4)19-30(39)29(14-24-10-7-6-8-11-24)36-32(40)25-12-9-13-26(15-25)33(41)38(5)20-31-35-23(3)21-43-31/h6-13,15-18,21-22,29-30,39H,14,19-20H2,1-5H3,(H,36,40). The molecule has 4 rings (SSSR count). The van der Waals surface area contributed by atoms with E-state index in [1.807, 2.05) is 74.5 Å². The summed E-state index contributed by atoms with van der Waals surface area (Å²) < 4.78 is 5.77. The first-order valence-corrected chi connectivity index (χ1v) is 15.1. The van der Waals surface area contributed by atoms with Crippen LogP contribution in [0.5, 0.6) is 5.75 Å². The number of ether oxygens (including phenoxy) is 1. The second-order valence-corrected chi connectivity index (χ2v) is 11.8. The highest BCUT2D eigenvalue weighted by atomic mass is 32.1. The summed E-state index contributed by atoms with van der Waals surface area (Å²) in [6, 6.07) is 17.6. The largest absolute Gasteiger partial charge is 0.489 e. The zero-order valence-electron chi connectivity index (χ0n) is 25.2. The van der Waals surface area contributed by atoms with Crippen molar-refractivity contribution >= 4 is 28.8 Å². The number of nitrogens with one attached hydrogen (secondary N) is 1. The Kier molecular flexibility index (Phi) is 10.9. The summed E-state index contributed by atoms with van der Waals surface area (Å²) in [5.41, 5.74) is 3.42. The van der Waals surface area contributed by atoms with Crippen molar-refractivity contribution in [2.75, 3.05) is 25.5 Å². The lowest BCUT2D eigenvalue weighted by Gasteiger charge is -2.29. The lowest BCUT2D eigenvalue weighted by molar-refractivity contribution is 0.0784. The van der Waals surface area contributed by atoms with Crippen molar-refractivity contribution in [3.8, 4) is 5.75 Å². The number of thiazole rings is 1. The molecule has 0 fully saturated rings. The van der Waals surface area contributed by atoms with Crippen molar-refractivity contribution < 1.29 is 19.4 Å². The number of carbonyl (C=O) groups is 2. The van der Waals surface area contributed by atoms with Crippen molar-refractivity contribution in [1.82, 2.24) is 20.2 Å². The summed E-state index contributed by atoms with van der Waals surface area (Å²) >= 11 is 1.51. The van der Waals surface area contributed by atoms with Crippen LogP contribution in [-0.4, -0.2) is 70.7 Å². The quantitative estimate of drug-likeness (QED) is 0.228. The lowest BCUT2D eigenvalue weighted by Crippen LogP contribution is -2.49. The predicted octanol–water partition coefficient (Wildman–Crippen LogP) is 4.74. The van der Waals surface area contributed by atoms with Gasteiger partial charge < -0.3 is 25.0 Å². The molecule has 0 radical (unpaired) electrons. The summed E-state index contributed by atoms with van der Waals surface area (Å²) in [6.07, 6.45) is 2.88. The fourth-order valence-electron chi connectivity index (χ4n) is 4.63. The Morgan fingerprint density at radius 2 is 1.77 bits per heavy atom. The van der Waals surface area contributed by atoms with Crippen molar-refractivity contribution in [2.45, 2.75) is 52.0 Å². The number of carbonyl (C=O) groups excluding carboxylic acids is 2. The molecule has 0 aliphatic carbocycles. The third kappa shape index (κ3) is 9.10. The van der Waals surface area contributed by atoms with Gasteiger partial charge in [0.15, 0.2) is 0 Å². The van der Waals surface area contributed by atoms with Gasteiger partial charge in [0, 0.05) is 48.9 Å². The maximum atomic E-state index is 13.5. The molecule has 2 aromatic heterocycles. The van der Waals surface area contributed by atoms with Crippen LogP contribution in [-0.2, 0) is 13.0 Å². The molecular weight excluding hydrogens is 562 g/mol. The highest BCUT2D eigenvalue weighted by molar-refractivity contribution is 7.09. The van der Waals surface area contributed by atoms with Crippen LogP contribution in [0.1, 0.15) is 50.8 Å². The molecule has 0 bridgehead atoms. The van der Waals surface area contributed by atoms with E-state index >= 15 is 0 Å². The molecule has 0 saturated carbocycles. The Morgan fingerprint density at radius 1 is 1.02 bits per heavy atom. The zero-order valence-corrected chi connectivity index (χ0v) is 26.0. The number of hydrogen-bond donors (Lipinski definition) is 2. The molecule has 2 amide bonds. The lowest BCUT2D eigenvalue weighted by atomic mass is 9.99. The monoisotopic (exact) mass is 601 g/mol. The normalized spacial score (nSPS) is 12.4. The number of anilines is 1. The zero-order chi connectivity index (χ0) is 30.9. The van der Waals surface area contributed by atoms with Crippen LogP contribution in [0.3, 0.4) is 0 Å². The maximum absolute atomic E-state index is 13.5. The maximum Gasteiger partial charge on any atom is 0.253 e. The van der Waals surface area contributed by atoms with Gasteiger partial charge >= 0.3 is 0 Å². The Labute approximate surface area is 257 Å². The summed E-state index contributed by atoms with van der Waals surface area (Å²) in [5, 5.41) is 17.2. The number of aliphatic hydroxyl groups excluding tert-OH is 1. The Morgan fingerprint density at radius 3 is 2.47 bits per heavy atom. The number of benzene rings is 2. The molecule has 2 N–H and O–H groups in total. The van der Waals surface area contributed by atoms with E-state index in [9.17, 15) is 14.7 Å². The molecule has 0 aliphatic rings. The smallest absolute Gasteiger partial charge is 0.253 e. The Balaban J connectivity index is 1.48. The van der Waals surface area contributed by atoms with Crippen molar-refractivity contribution in [2.24, 2.45) is 0 Å². The van der Waals surface area contributed by atoms with Crippen LogP contribution in [0.25, 0.3) is 0 Å². The average molecular weight is 602 g/mol. The van der Waals surface area contributed by atoms with E-state index in [-0.39, 0.29) is 24.5 Å². The SMILES string of the molecule is Cc1csc(CN(C)C(=O)c2cccc(C(=O)NC(Cc3ccccc3)C(O)CN(C)c3cncc(OC(C)C)c3)c2)n1. The van der Waals surface area contributed by atoms with Crippen molar-refractivity contribution in [3.63, 3.8) is 0 Å². The third-order valence-corrected chi connectivity index (χ3v) is 7.76. The van der Waals surface area contributed by atoms with Crippen LogP contribution >= 0.6 is 11.3 Å². The number of amides is 2. The molecule has 0 aliphatic heterocycles. The molecule has 0 saturated heterocycles. The molecular formula is C33H39N5O4S. The van der Waals surface area contributed by atoms with Gasteiger partial charge in [-0.2, -0.15) is 0 Å². The number of aromatic nitrogens is 2. The topological polar surface area (TPSA) is 108 Å². The second-order valence-electron chi connectivity index (χ2n) is 10.9.